The highest BCUT2D eigenvalue weighted by atomic mass is 32.2. The zero-order chi connectivity index (χ0) is 20.6. The van der Waals surface area contributed by atoms with E-state index in [0.717, 1.165) is 41.9 Å². The highest BCUT2D eigenvalue weighted by Gasteiger charge is 2.34. The molecule has 1 aromatic heterocycles. The van der Waals surface area contributed by atoms with Crippen molar-refractivity contribution < 1.29 is 13.2 Å². The number of rotatable bonds is 3. The minimum Gasteiger partial charge on any atom is -0.376 e. The van der Waals surface area contributed by atoms with Crippen LogP contribution in [0.15, 0.2) is 0 Å². The smallest absolute Gasteiger partial charge is 0.211 e. The zero-order valence-electron chi connectivity index (χ0n) is 17.4. The fraction of sp³-hybridized carbons (Fsp3) is 0.714. The lowest BCUT2D eigenvalue weighted by atomic mass is 9.82. The van der Waals surface area contributed by atoms with Gasteiger partial charge in [-0.3, -0.25) is 0 Å². The molecule has 7 nitrogen and oxygen atoms in total. The average Bonchev–Trinajstić information content (AvgIpc) is 2.72. The van der Waals surface area contributed by atoms with Crippen LogP contribution in [0.3, 0.4) is 0 Å². The second-order valence-electron chi connectivity index (χ2n) is 8.57. The predicted octanol–water partition coefficient (Wildman–Crippen LogP) is 2.54. The third-order valence-electron chi connectivity index (χ3n) is 6.56. The van der Waals surface area contributed by atoms with Gasteiger partial charge in [0.05, 0.1) is 30.7 Å². The van der Waals surface area contributed by atoms with E-state index in [1.54, 1.807) is 4.31 Å². The van der Waals surface area contributed by atoms with Crippen LogP contribution in [-0.2, 0) is 27.8 Å². The quantitative estimate of drug-likeness (QED) is 0.750. The summed E-state index contributed by atoms with van der Waals surface area (Å²) < 4.78 is 31.4. The molecule has 1 aliphatic carbocycles. The molecule has 1 saturated carbocycles. The lowest BCUT2D eigenvalue weighted by Gasteiger charge is -2.40. The Kier molecular flexibility index (Phi) is 5.83. The third kappa shape index (κ3) is 4.00. The first-order valence-electron chi connectivity index (χ1n) is 10.7. The van der Waals surface area contributed by atoms with Gasteiger partial charge in [-0.25, -0.2) is 13.4 Å². The van der Waals surface area contributed by atoms with Gasteiger partial charge < -0.3 is 9.64 Å². The maximum atomic E-state index is 12.0. The third-order valence-corrected chi connectivity index (χ3v) is 7.96. The molecule has 1 aromatic rings. The molecule has 2 aliphatic heterocycles. The summed E-state index contributed by atoms with van der Waals surface area (Å²) in [6.07, 6.45) is 8.02. The molecule has 3 aliphatic rings. The van der Waals surface area contributed by atoms with E-state index in [1.165, 1.54) is 25.5 Å². The van der Waals surface area contributed by atoms with Gasteiger partial charge in [0.2, 0.25) is 10.0 Å². The molecule has 1 atom stereocenters. The molecule has 0 spiro atoms. The van der Waals surface area contributed by atoms with Crippen molar-refractivity contribution in [2.45, 2.75) is 64.0 Å². The fourth-order valence-corrected chi connectivity index (χ4v) is 6.28. The molecule has 0 radical (unpaired) electrons. The summed E-state index contributed by atoms with van der Waals surface area (Å²) in [5.74, 6) is 1.18. The van der Waals surface area contributed by atoms with Crippen molar-refractivity contribution in [2.24, 2.45) is 0 Å². The predicted molar refractivity (Wildman–Crippen MR) is 111 cm³/mol. The number of anilines is 1. The molecule has 1 saturated heterocycles. The minimum absolute atomic E-state index is 0.149. The summed E-state index contributed by atoms with van der Waals surface area (Å²) in [6.45, 7) is 4.63. The highest BCUT2D eigenvalue weighted by Crippen LogP contribution is 2.39. The van der Waals surface area contributed by atoms with Crippen LogP contribution in [0.2, 0.25) is 0 Å². The molecule has 3 heterocycles. The van der Waals surface area contributed by atoms with Crippen molar-refractivity contribution in [3.8, 4) is 6.07 Å². The highest BCUT2D eigenvalue weighted by molar-refractivity contribution is 7.88. The molecular formula is C21H30N4O3S. The second kappa shape index (κ2) is 8.21. The molecule has 0 amide bonds. The van der Waals surface area contributed by atoms with Crippen LogP contribution in [0.1, 0.15) is 67.3 Å². The van der Waals surface area contributed by atoms with Crippen molar-refractivity contribution in [3.63, 3.8) is 0 Å². The number of nitrogens with zero attached hydrogens (tertiary/aromatic N) is 4. The molecular weight excluding hydrogens is 388 g/mol. The summed E-state index contributed by atoms with van der Waals surface area (Å²) in [5.41, 5.74) is 4.00. The first kappa shape index (κ1) is 20.6. The molecule has 0 N–H and O–H groups in total. The lowest BCUT2D eigenvalue weighted by molar-refractivity contribution is 0.109. The number of nitriles is 1. The summed E-state index contributed by atoms with van der Waals surface area (Å²) in [4.78, 5) is 7.20. The Morgan fingerprint density at radius 3 is 2.59 bits per heavy atom. The van der Waals surface area contributed by atoms with Crippen LogP contribution >= 0.6 is 0 Å². The van der Waals surface area contributed by atoms with Crippen molar-refractivity contribution in [1.82, 2.24) is 9.29 Å². The topological polar surface area (TPSA) is 86.5 Å². The number of sulfonamides is 1. The van der Waals surface area contributed by atoms with Gasteiger partial charge in [-0.2, -0.15) is 9.57 Å². The van der Waals surface area contributed by atoms with Crippen LogP contribution in [0, 0.1) is 11.3 Å². The van der Waals surface area contributed by atoms with E-state index >= 15 is 0 Å². The Hall–Kier alpha value is -1.69. The number of piperazine rings is 1. The Bertz CT molecular complexity index is 919. The molecule has 1 unspecified atom stereocenters. The fourth-order valence-electron chi connectivity index (χ4n) is 5.15. The second-order valence-corrected chi connectivity index (χ2v) is 10.5. The van der Waals surface area contributed by atoms with E-state index in [0.29, 0.717) is 44.3 Å². The van der Waals surface area contributed by atoms with E-state index in [1.807, 2.05) is 6.92 Å². The molecule has 4 rings (SSSR count). The standard InChI is InChI=1S/C21H30N4O3S/c1-15-13-24(9-10-25(15)29(2,26)27)21-18(12-22)17-8-11-28-14-19(17)20(23-21)16-6-4-3-5-7-16/h15-16H,3-11,13-14H2,1-2H3. The minimum atomic E-state index is -3.23. The van der Waals surface area contributed by atoms with Gasteiger partial charge in [0.1, 0.15) is 11.9 Å². The van der Waals surface area contributed by atoms with E-state index in [2.05, 4.69) is 11.0 Å². The SMILES string of the molecule is CC1CN(c2nc(C3CCCCC3)c3c(c2C#N)CCOC3)CCN1S(C)(=O)=O. The van der Waals surface area contributed by atoms with Gasteiger partial charge in [-0.15, -0.1) is 0 Å². The molecule has 29 heavy (non-hydrogen) atoms. The van der Waals surface area contributed by atoms with Gasteiger partial charge in [0, 0.05) is 37.2 Å². The van der Waals surface area contributed by atoms with Crippen LogP contribution in [0.4, 0.5) is 5.82 Å². The summed E-state index contributed by atoms with van der Waals surface area (Å²) in [5, 5.41) is 9.99. The molecule has 158 valence electrons. The van der Waals surface area contributed by atoms with E-state index in [9.17, 15) is 13.7 Å². The lowest BCUT2D eigenvalue weighted by Crippen LogP contribution is -2.54. The first-order valence-corrected chi connectivity index (χ1v) is 12.5. The summed E-state index contributed by atoms with van der Waals surface area (Å²) in [6, 6.07) is 2.27. The number of fused-ring (bicyclic) bond motifs is 1. The summed E-state index contributed by atoms with van der Waals surface area (Å²) >= 11 is 0. The van der Waals surface area contributed by atoms with Crippen LogP contribution < -0.4 is 4.90 Å². The summed E-state index contributed by atoms with van der Waals surface area (Å²) in [7, 11) is -3.23. The van der Waals surface area contributed by atoms with Crippen molar-refractivity contribution in [1.29, 1.82) is 5.26 Å². The van der Waals surface area contributed by atoms with Crippen LogP contribution in [0.5, 0.6) is 0 Å². The monoisotopic (exact) mass is 418 g/mol. The number of hydrogen-bond acceptors (Lipinski definition) is 6. The van der Waals surface area contributed by atoms with Crippen molar-refractivity contribution >= 4 is 15.8 Å². The normalized spacial score (nSPS) is 24.2. The van der Waals surface area contributed by atoms with E-state index in [4.69, 9.17) is 9.72 Å². The van der Waals surface area contributed by atoms with Gasteiger partial charge in [-0.1, -0.05) is 19.3 Å². The molecule has 0 aromatic carbocycles. The zero-order valence-corrected chi connectivity index (χ0v) is 18.2. The van der Waals surface area contributed by atoms with Gasteiger partial charge >= 0.3 is 0 Å². The Morgan fingerprint density at radius 2 is 1.93 bits per heavy atom. The Morgan fingerprint density at radius 1 is 1.17 bits per heavy atom. The maximum absolute atomic E-state index is 12.0. The largest absolute Gasteiger partial charge is 0.376 e. The molecule has 2 fully saturated rings. The number of aromatic nitrogens is 1. The molecule has 0 bridgehead atoms. The van der Waals surface area contributed by atoms with E-state index in [-0.39, 0.29) is 6.04 Å². The Balaban J connectivity index is 1.74. The van der Waals surface area contributed by atoms with Crippen LogP contribution in [-0.4, -0.2) is 56.2 Å². The van der Waals surface area contributed by atoms with E-state index < -0.39 is 10.0 Å². The van der Waals surface area contributed by atoms with Gasteiger partial charge in [-0.05, 0) is 31.7 Å². The first-order chi connectivity index (χ1) is 13.9. The van der Waals surface area contributed by atoms with Gasteiger partial charge in [0.25, 0.3) is 0 Å². The number of ether oxygens (including phenoxy) is 1. The Labute approximate surface area is 173 Å². The van der Waals surface area contributed by atoms with Crippen molar-refractivity contribution in [2.75, 3.05) is 37.4 Å². The number of pyridine rings is 1. The average molecular weight is 419 g/mol. The van der Waals surface area contributed by atoms with Crippen molar-refractivity contribution in [3.05, 3.63) is 22.4 Å². The molecule has 8 heteroatoms. The maximum Gasteiger partial charge on any atom is 0.211 e. The van der Waals surface area contributed by atoms with Crippen LogP contribution in [0.25, 0.3) is 0 Å². The number of hydrogen-bond donors (Lipinski definition) is 0. The van der Waals surface area contributed by atoms with Gasteiger partial charge in [0.15, 0.2) is 0 Å².